The van der Waals surface area contributed by atoms with E-state index in [1.54, 1.807) is 0 Å². The van der Waals surface area contributed by atoms with Crippen molar-refractivity contribution in [2.75, 3.05) is 26.4 Å². The van der Waals surface area contributed by atoms with Gasteiger partial charge in [-0.25, -0.2) is 0 Å². The van der Waals surface area contributed by atoms with Crippen LogP contribution in [-0.2, 0) is 33.2 Å². The van der Waals surface area contributed by atoms with E-state index in [1.165, 1.54) is 116 Å². The summed E-state index contributed by atoms with van der Waals surface area (Å²) < 4.78 is 34.4. The summed E-state index contributed by atoms with van der Waals surface area (Å²) >= 11 is 0. The van der Waals surface area contributed by atoms with Crippen molar-refractivity contribution < 1.29 is 89.4 Å². The summed E-state index contributed by atoms with van der Waals surface area (Å²) in [7, 11) is 0. The summed E-state index contributed by atoms with van der Waals surface area (Å²) in [5.74, 6) is -0.248. The highest BCUT2D eigenvalue weighted by Crippen LogP contribution is 2.33. The number of rotatable bonds is 57. The first-order valence-electron chi connectivity index (χ1n) is 37.5. The van der Waals surface area contributed by atoms with Gasteiger partial charge < -0.3 is 89.9 Å². The van der Waals surface area contributed by atoms with Gasteiger partial charge in [-0.3, -0.25) is 4.79 Å². The fourth-order valence-electron chi connectivity index (χ4n) is 12.2. The van der Waals surface area contributed by atoms with E-state index in [9.17, 15) is 61.0 Å². The fourth-order valence-corrected chi connectivity index (χ4v) is 12.2. The van der Waals surface area contributed by atoms with E-state index in [0.717, 1.165) is 103 Å². The summed E-state index contributed by atoms with van der Waals surface area (Å²) in [4.78, 5) is 13.4. The van der Waals surface area contributed by atoms with Crippen molar-refractivity contribution in [3.8, 4) is 0 Å². The maximum Gasteiger partial charge on any atom is 0.220 e. The van der Waals surface area contributed by atoms with Crippen LogP contribution in [0.4, 0.5) is 0 Å². The van der Waals surface area contributed by atoms with Crippen molar-refractivity contribution in [3.63, 3.8) is 0 Å². The molecular weight excluding hydrogens is 1230 g/mol. The molecule has 3 heterocycles. The molecule has 0 bridgehead atoms. The van der Waals surface area contributed by atoms with Gasteiger partial charge in [0.25, 0.3) is 0 Å². The second-order valence-electron chi connectivity index (χ2n) is 26.4. The van der Waals surface area contributed by atoms with Gasteiger partial charge in [-0.1, -0.05) is 265 Å². The average Bonchev–Trinajstić information content (AvgIpc) is 0.787. The monoisotopic (exact) mass is 1360 g/mol. The number of carbonyl (C=O) groups excluding carboxylic acids is 1. The molecule has 0 spiro atoms. The van der Waals surface area contributed by atoms with E-state index >= 15 is 0 Å². The summed E-state index contributed by atoms with van der Waals surface area (Å²) in [6.07, 6.45) is 49.2. The topological polar surface area (TPSA) is 307 Å². The molecule has 17 unspecified atom stereocenters. The Labute approximate surface area is 577 Å². The molecule has 3 saturated heterocycles. The minimum atomic E-state index is -1.98. The highest BCUT2D eigenvalue weighted by Gasteiger charge is 2.53. The Kier molecular flexibility index (Phi) is 51.9. The number of hydrogen-bond donors (Lipinski definition) is 12. The number of hydrogen-bond acceptors (Lipinski definition) is 18. The number of aliphatic hydroxyl groups is 11. The molecule has 3 rings (SSSR count). The van der Waals surface area contributed by atoms with E-state index < -0.39 is 124 Å². The molecule has 554 valence electrons. The first-order valence-corrected chi connectivity index (χ1v) is 37.5. The number of nitrogens with one attached hydrogen (secondary N) is 1. The smallest absolute Gasteiger partial charge is 0.220 e. The van der Waals surface area contributed by atoms with Gasteiger partial charge in [-0.05, 0) is 77.0 Å². The molecule has 3 aliphatic heterocycles. The number of allylic oxidation sites excluding steroid dienone is 16. The van der Waals surface area contributed by atoms with E-state index in [-0.39, 0.29) is 18.9 Å². The lowest BCUT2D eigenvalue weighted by molar-refractivity contribution is -0.379. The lowest BCUT2D eigenvalue weighted by Gasteiger charge is -2.48. The number of carbonyl (C=O) groups is 1. The molecule has 96 heavy (non-hydrogen) atoms. The van der Waals surface area contributed by atoms with Gasteiger partial charge in [0.05, 0.1) is 38.6 Å². The molecule has 3 aliphatic rings. The van der Waals surface area contributed by atoms with Crippen molar-refractivity contribution in [1.29, 1.82) is 0 Å². The first-order chi connectivity index (χ1) is 46.8. The number of ether oxygens (including phenoxy) is 6. The van der Waals surface area contributed by atoms with Crippen molar-refractivity contribution in [2.45, 2.75) is 356 Å². The Morgan fingerprint density at radius 3 is 1.12 bits per heavy atom. The second-order valence-corrected chi connectivity index (χ2v) is 26.4. The average molecular weight is 1360 g/mol. The van der Waals surface area contributed by atoms with E-state index in [4.69, 9.17) is 28.4 Å². The zero-order chi connectivity index (χ0) is 69.6. The molecule has 0 aromatic heterocycles. The zero-order valence-electron chi connectivity index (χ0n) is 58.8. The highest BCUT2D eigenvalue weighted by atomic mass is 16.8. The molecule has 12 N–H and O–H groups in total. The first kappa shape index (κ1) is 86.9. The maximum atomic E-state index is 13.4. The van der Waals surface area contributed by atoms with Crippen molar-refractivity contribution in [1.82, 2.24) is 5.32 Å². The molecule has 0 saturated carbocycles. The van der Waals surface area contributed by atoms with E-state index in [2.05, 4.69) is 116 Å². The largest absolute Gasteiger partial charge is 0.394 e. The summed E-state index contributed by atoms with van der Waals surface area (Å²) in [6.45, 7) is 1.68. The van der Waals surface area contributed by atoms with Crippen LogP contribution in [0.5, 0.6) is 0 Å². The lowest BCUT2D eigenvalue weighted by Crippen LogP contribution is -2.66. The van der Waals surface area contributed by atoms with Crippen LogP contribution in [0.3, 0.4) is 0 Å². The molecule has 17 atom stereocenters. The van der Waals surface area contributed by atoms with Crippen molar-refractivity contribution in [2.24, 2.45) is 0 Å². The van der Waals surface area contributed by atoms with Gasteiger partial charge in [0.2, 0.25) is 5.91 Å². The predicted octanol–water partition coefficient (Wildman–Crippen LogP) is 11.2. The van der Waals surface area contributed by atoms with Crippen LogP contribution in [0.2, 0.25) is 0 Å². The number of aliphatic hydroxyl groups excluding tert-OH is 11. The second kappa shape index (κ2) is 57.3. The fraction of sp³-hybridized carbons (Fsp3) is 0.779. The summed E-state index contributed by atoms with van der Waals surface area (Å²) in [5, 5.41) is 121. The molecule has 0 aliphatic carbocycles. The van der Waals surface area contributed by atoms with Gasteiger partial charge in [0.15, 0.2) is 18.9 Å². The molecule has 3 fully saturated rings. The third kappa shape index (κ3) is 37.9. The molecule has 1 amide bonds. The van der Waals surface area contributed by atoms with Crippen LogP contribution in [0.1, 0.15) is 251 Å². The Hall–Kier alpha value is -3.29. The normalized spacial score (nSPS) is 27.6. The SMILES string of the molecule is CC/C=C\C/C=C\C/C=C\C/C=C\C/C=C\C/C=C\C/C=C\C/C=C\CCCCCCCCCCCCCCC(=O)NC(COC1OC(CO)C(OC2OC(CO)C(OC3OC(CO)C(O)C(O)C3O)C(O)C2O)C(O)C1O)C(O)CCCCCCCCCCCCCCCC. The van der Waals surface area contributed by atoms with Crippen LogP contribution in [0.25, 0.3) is 0 Å². The highest BCUT2D eigenvalue weighted by molar-refractivity contribution is 5.76. The van der Waals surface area contributed by atoms with E-state index in [1.807, 2.05) is 0 Å². The van der Waals surface area contributed by atoms with Gasteiger partial charge in [-0.15, -0.1) is 0 Å². The van der Waals surface area contributed by atoms with Crippen LogP contribution < -0.4 is 5.32 Å². The zero-order valence-corrected chi connectivity index (χ0v) is 58.8. The molecule has 0 aromatic carbocycles. The van der Waals surface area contributed by atoms with Crippen LogP contribution in [-0.4, -0.2) is 193 Å². The number of amides is 1. The lowest BCUT2D eigenvalue weighted by atomic mass is 9.96. The van der Waals surface area contributed by atoms with Gasteiger partial charge in [0.1, 0.15) is 73.2 Å². The van der Waals surface area contributed by atoms with Crippen LogP contribution in [0.15, 0.2) is 97.2 Å². The Balaban J connectivity index is 1.34. The molecular formula is C77H133NO18. The standard InChI is InChI=1S/C77H133NO18/c1-3-5-7-9-11-13-15-17-19-20-21-22-23-24-25-26-27-28-29-30-31-32-33-34-35-36-37-38-39-40-41-43-45-47-49-51-53-55-65(83)78-60(61(82)54-52-50-48-46-44-42-18-16-14-12-10-8-6-4-2)59-91-75-71(89)68(86)73(63(57-80)93-75)96-77-72(90)69(87)74(64(58-81)94-77)95-76-70(88)67(85)66(84)62(56-79)92-76/h5,7,11,13,17,19,21-22,24-25,27-28,30-31,33-34,60-64,66-77,79-82,84-90H,3-4,6,8-10,12,14-16,18,20,23,26,29,32,35-59H2,1-2H3,(H,78,83)/b7-5-,13-11-,19-17-,22-21-,25-24-,28-27-,31-30-,34-33-. The van der Waals surface area contributed by atoms with Gasteiger partial charge in [0, 0.05) is 6.42 Å². The van der Waals surface area contributed by atoms with Gasteiger partial charge in [-0.2, -0.15) is 0 Å². The number of unbranched alkanes of at least 4 members (excludes halogenated alkanes) is 25. The Morgan fingerprint density at radius 1 is 0.385 bits per heavy atom. The third-order valence-corrected chi connectivity index (χ3v) is 18.2. The van der Waals surface area contributed by atoms with E-state index in [0.29, 0.717) is 12.8 Å². The van der Waals surface area contributed by atoms with Crippen molar-refractivity contribution >= 4 is 5.91 Å². The molecule has 0 aromatic rings. The Bertz CT molecular complexity index is 2110. The van der Waals surface area contributed by atoms with Gasteiger partial charge >= 0.3 is 0 Å². The quantitative estimate of drug-likeness (QED) is 0.0199. The maximum absolute atomic E-state index is 13.4. The van der Waals surface area contributed by atoms with Crippen LogP contribution >= 0.6 is 0 Å². The van der Waals surface area contributed by atoms with Crippen LogP contribution in [0, 0.1) is 0 Å². The summed E-state index contributed by atoms with van der Waals surface area (Å²) in [5.41, 5.74) is 0. The summed E-state index contributed by atoms with van der Waals surface area (Å²) in [6, 6.07) is -0.893. The van der Waals surface area contributed by atoms with Crippen molar-refractivity contribution in [3.05, 3.63) is 97.2 Å². The molecule has 19 nitrogen and oxygen atoms in total. The predicted molar refractivity (Wildman–Crippen MR) is 378 cm³/mol. The minimum Gasteiger partial charge on any atom is -0.394 e. The third-order valence-electron chi connectivity index (χ3n) is 18.2. The molecule has 0 radical (unpaired) electrons. The molecule has 19 heteroatoms. The minimum absolute atomic E-state index is 0.248. The Morgan fingerprint density at radius 2 is 0.719 bits per heavy atom.